The number of nitrogens with zero attached hydrogens (tertiary/aromatic N) is 1. The molecule has 1 rings (SSSR count). The molecule has 0 bridgehead atoms. The van der Waals surface area contributed by atoms with Gasteiger partial charge in [0.1, 0.15) is 11.4 Å². The largest absolute Gasteiger partial charge is 0.478 e. The SMILES string of the molecule is CCCC(CC)Nc1ncc(Br)cc1C(=O)O. The van der Waals surface area contributed by atoms with Gasteiger partial charge in [0.2, 0.25) is 0 Å². The van der Waals surface area contributed by atoms with Gasteiger partial charge < -0.3 is 10.4 Å². The van der Waals surface area contributed by atoms with Gasteiger partial charge in [-0.3, -0.25) is 0 Å². The third kappa shape index (κ3) is 4.00. The van der Waals surface area contributed by atoms with Crippen LogP contribution >= 0.6 is 15.9 Å². The predicted octanol–water partition coefficient (Wildman–Crippen LogP) is 3.53. The first-order valence-corrected chi connectivity index (χ1v) is 6.53. The highest BCUT2D eigenvalue weighted by atomic mass is 79.9. The molecule has 0 saturated heterocycles. The molecule has 0 amide bonds. The number of pyridine rings is 1. The van der Waals surface area contributed by atoms with E-state index in [4.69, 9.17) is 5.11 Å². The number of rotatable bonds is 6. The maximum Gasteiger partial charge on any atom is 0.339 e. The third-order valence-electron chi connectivity index (χ3n) is 2.56. The predicted molar refractivity (Wildman–Crippen MR) is 71.5 cm³/mol. The highest BCUT2D eigenvalue weighted by Gasteiger charge is 2.14. The minimum Gasteiger partial charge on any atom is -0.478 e. The summed E-state index contributed by atoms with van der Waals surface area (Å²) in [5.41, 5.74) is 0.203. The molecular formula is C12H17BrN2O2. The molecule has 0 aromatic carbocycles. The minimum atomic E-state index is -0.965. The Kier molecular flexibility index (Phi) is 5.41. The molecule has 17 heavy (non-hydrogen) atoms. The maximum absolute atomic E-state index is 11.1. The van der Waals surface area contributed by atoms with Crippen LogP contribution in [0.3, 0.4) is 0 Å². The average molecular weight is 301 g/mol. The molecule has 0 aliphatic rings. The molecule has 0 aliphatic heterocycles. The van der Waals surface area contributed by atoms with Crippen LogP contribution in [0, 0.1) is 0 Å². The van der Waals surface area contributed by atoms with Gasteiger partial charge in [0, 0.05) is 16.7 Å². The number of aromatic carboxylic acids is 1. The molecule has 0 fully saturated rings. The van der Waals surface area contributed by atoms with E-state index in [1.807, 2.05) is 0 Å². The van der Waals surface area contributed by atoms with E-state index in [0.29, 0.717) is 10.3 Å². The number of halogens is 1. The number of hydrogen-bond acceptors (Lipinski definition) is 3. The van der Waals surface area contributed by atoms with Gasteiger partial charge in [-0.05, 0) is 34.8 Å². The zero-order valence-corrected chi connectivity index (χ0v) is 11.6. The molecule has 0 saturated carbocycles. The van der Waals surface area contributed by atoms with Crippen molar-refractivity contribution >= 4 is 27.7 Å². The van der Waals surface area contributed by atoms with Crippen LogP contribution in [0.15, 0.2) is 16.7 Å². The minimum absolute atomic E-state index is 0.203. The zero-order valence-electron chi connectivity index (χ0n) is 10.0. The number of hydrogen-bond donors (Lipinski definition) is 2. The molecule has 1 unspecified atom stereocenters. The standard InChI is InChI=1S/C12H17BrN2O2/c1-3-5-9(4-2)15-11-10(12(16)17)6-8(13)7-14-11/h6-7,9H,3-5H2,1-2H3,(H,14,15)(H,16,17). The Hall–Kier alpha value is -1.10. The van der Waals surface area contributed by atoms with Crippen molar-refractivity contribution in [2.24, 2.45) is 0 Å². The quantitative estimate of drug-likeness (QED) is 0.843. The fourth-order valence-corrected chi connectivity index (χ4v) is 1.97. The van der Waals surface area contributed by atoms with Gasteiger partial charge in [0.05, 0.1) is 0 Å². The lowest BCUT2D eigenvalue weighted by Gasteiger charge is -2.18. The van der Waals surface area contributed by atoms with Gasteiger partial charge in [-0.1, -0.05) is 20.3 Å². The first kappa shape index (κ1) is 14.0. The van der Waals surface area contributed by atoms with E-state index >= 15 is 0 Å². The topological polar surface area (TPSA) is 62.2 Å². The first-order chi connectivity index (χ1) is 8.08. The van der Waals surface area contributed by atoms with Gasteiger partial charge in [-0.15, -0.1) is 0 Å². The lowest BCUT2D eigenvalue weighted by Crippen LogP contribution is -2.20. The van der Waals surface area contributed by atoms with E-state index in [0.717, 1.165) is 19.3 Å². The zero-order chi connectivity index (χ0) is 12.8. The summed E-state index contributed by atoms with van der Waals surface area (Å²) in [6.45, 7) is 4.18. The molecule has 1 aromatic rings. The molecule has 1 heterocycles. The molecule has 0 spiro atoms. The highest BCUT2D eigenvalue weighted by Crippen LogP contribution is 2.20. The Morgan fingerprint density at radius 2 is 2.29 bits per heavy atom. The third-order valence-corrected chi connectivity index (χ3v) is 2.99. The molecule has 4 nitrogen and oxygen atoms in total. The van der Waals surface area contributed by atoms with Crippen molar-refractivity contribution in [2.45, 2.75) is 39.2 Å². The van der Waals surface area contributed by atoms with E-state index in [9.17, 15) is 4.79 Å². The van der Waals surface area contributed by atoms with Gasteiger partial charge in [-0.25, -0.2) is 9.78 Å². The van der Waals surface area contributed by atoms with Crippen molar-refractivity contribution in [3.05, 3.63) is 22.3 Å². The second-order valence-electron chi connectivity index (χ2n) is 3.89. The van der Waals surface area contributed by atoms with E-state index < -0.39 is 5.97 Å². The van der Waals surface area contributed by atoms with Crippen molar-refractivity contribution in [2.75, 3.05) is 5.32 Å². The number of carboxylic acid groups (broad SMARTS) is 1. The van der Waals surface area contributed by atoms with E-state index in [1.165, 1.54) is 0 Å². The Morgan fingerprint density at radius 1 is 1.59 bits per heavy atom. The van der Waals surface area contributed by atoms with Crippen LogP contribution in [-0.2, 0) is 0 Å². The highest BCUT2D eigenvalue weighted by molar-refractivity contribution is 9.10. The Morgan fingerprint density at radius 3 is 2.82 bits per heavy atom. The van der Waals surface area contributed by atoms with Crippen LogP contribution in [0.25, 0.3) is 0 Å². The summed E-state index contributed by atoms with van der Waals surface area (Å²) in [5.74, 6) is -0.520. The molecule has 0 aliphatic carbocycles. The molecule has 1 aromatic heterocycles. The Labute approximate surface area is 110 Å². The van der Waals surface area contributed by atoms with Crippen molar-refractivity contribution in [1.82, 2.24) is 4.98 Å². The smallest absolute Gasteiger partial charge is 0.339 e. The number of carbonyl (C=O) groups is 1. The van der Waals surface area contributed by atoms with E-state index in [2.05, 4.69) is 40.1 Å². The van der Waals surface area contributed by atoms with Crippen molar-refractivity contribution in [1.29, 1.82) is 0 Å². The Balaban J connectivity index is 2.92. The number of carboxylic acids is 1. The summed E-state index contributed by atoms with van der Waals surface area (Å²) in [4.78, 5) is 15.2. The van der Waals surface area contributed by atoms with Crippen molar-refractivity contribution < 1.29 is 9.90 Å². The van der Waals surface area contributed by atoms with Gasteiger partial charge >= 0.3 is 5.97 Å². The van der Waals surface area contributed by atoms with Crippen LogP contribution < -0.4 is 5.32 Å². The number of aromatic nitrogens is 1. The summed E-state index contributed by atoms with van der Waals surface area (Å²) in [6, 6.07) is 1.84. The molecule has 2 N–H and O–H groups in total. The fraction of sp³-hybridized carbons (Fsp3) is 0.500. The van der Waals surface area contributed by atoms with Crippen LogP contribution in [0.2, 0.25) is 0 Å². The normalized spacial score (nSPS) is 12.2. The van der Waals surface area contributed by atoms with Crippen LogP contribution in [0.1, 0.15) is 43.5 Å². The van der Waals surface area contributed by atoms with E-state index in [-0.39, 0.29) is 11.6 Å². The molecular weight excluding hydrogens is 284 g/mol. The summed E-state index contributed by atoms with van der Waals surface area (Å²) in [5, 5.41) is 12.3. The van der Waals surface area contributed by atoms with Crippen LogP contribution in [-0.4, -0.2) is 22.1 Å². The van der Waals surface area contributed by atoms with Crippen LogP contribution in [0.4, 0.5) is 5.82 Å². The summed E-state index contributed by atoms with van der Waals surface area (Å²) >= 11 is 3.23. The molecule has 0 radical (unpaired) electrons. The monoisotopic (exact) mass is 300 g/mol. The maximum atomic E-state index is 11.1. The van der Waals surface area contributed by atoms with Gasteiger partial charge in [-0.2, -0.15) is 0 Å². The molecule has 94 valence electrons. The summed E-state index contributed by atoms with van der Waals surface area (Å²) in [6.07, 6.45) is 4.62. The van der Waals surface area contributed by atoms with Crippen LogP contribution in [0.5, 0.6) is 0 Å². The van der Waals surface area contributed by atoms with Crippen molar-refractivity contribution in [3.63, 3.8) is 0 Å². The van der Waals surface area contributed by atoms with Gasteiger partial charge in [0.15, 0.2) is 0 Å². The second-order valence-corrected chi connectivity index (χ2v) is 4.81. The summed E-state index contributed by atoms with van der Waals surface area (Å²) < 4.78 is 0.670. The second kappa shape index (κ2) is 6.59. The summed E-state index contributed by atoms with van der Waals surface area (Å²) in [7, 11) is 0. The lowest BCUT2D eigenvalue weighted by atomic mass is 10.1. The molecule has 5 heteroatoms. The number of nitrogens with one attached hydrogen (secondary N) is 1. The lowest BCUT2D eigenvalue weighted by molar-refractivity contribution is 0.0697. The van der Waals surface area contributed by atoms with E-state index in [1.54, 1.807) is 12.3 Å². The van der Waals surface area contributed by atoms with Crippen molar-refractivity contribution in [3.8, 4) is 0 Å². The first-order valence-electron chi connectivity index (χ1n) is 5.73. The molecule has 1 atom stereocenters. The Bertz CT molecular complexity index is 396. The van der Waals surface area contributed by atoms with Gasteiger partial charge in [0.25, 0.3) is 0 Å². The average Bonchev–Trinajstić information content (AvgIpc) is 2.30. The fourth-order valence-electron chi connectivity index (χ4n) is 1.64. The number of anilines is 1.